The van der Waals surface area contributed by atoms with Crippen LogP contribution in [0, 0.1) is 0 Å². The van der Waals surface area contributed by atoms with Crippen LogP contribution in [0.1, 0.15) is 6.92 Å². The van der Waals surface area contributed by atoms with E-state index in [9.17, 15) is 4.79 Å². The summed E-state index contributed by atoms with van der Waals surface area (Å²) in [5.41, 5.74) is 1.50. The molecule has 5 nitrogen and oxygen atoms in total. The van der Waals surface area contributed by atoms with Gasteiger partial charge >= 0.3 is 6.09 Å². The maximum absolute atomic E-state index is 11.5. The monoisotopic (exact) mass is 217 g/mol. The van der Waals surface area contributed by atoms with E-state index in [1.165, 1.54) is 6.20 Å². The zero-order chi connectivity index (χ0) is 11.4. The highest BCUT2D eigenvalue weighted by Gasteiger charge is 2.13. The summed E-state index contributed by atoms with van der Waals surface area (Å²) in [5.74, 6) is 0. The Bertz CT molecular complexity index is 479. The highest BCUT2D eigenvalue weighted by molar-refractivity contribution is 5.76. The van der Waals surface area contributed by atoms with Crippen molar-refractivity contribution in [2.24, 2.45) is 0 Å². The fourth-order valence-corrected chi connectivity index (χ4v) is 1.36. The largest absolute Gasteiger partial charge is 0.448 e. The highest BCUT2D eigenvalue weighted by atomic mass is 16.6. The molecule has 82 valence electrons. The lowest BCUT2D eigenvalue weighted by Crippen LogP contribution is -2.16. The molecule has 1 heterocycles. The zero-order valence-corrected chi connectivity index (χ0v) is 8.83. The molecule has 0 bridgehead atoms. The van der Waals surface area contributed by atoms with Gasteiger partial charge in [-0.15, -0.1) is 9.78 Å². The minimum absolute atomic E-state index is 0.312. The number of carbonyl (C=O) groups is 1. The van der Waals surface area contributed by atoms with Gasteiger partial charge in [-0.25, -0.2) is 4.79 Å². The van der Waals surface area contributed by atoms with Gasteiger partial charge < -0.3 is 4.74 Å². The molecule has 0 aliphatic carbocycles. The normalized spacial score (nSPS) is 10.1. The van der Waals surface area contributed by atoms with Crippen LogP contribution in [0.4, 0.5) is 4.79 Å². The molecule has 0 unspecified atom stereocenters. The molecule has 0 aliphatic rings. The van der Waals surface area contributed by atoms with E-state index < -0.39 is 6.09 Å². The summed E-state index contributed by atoms with van der Waals surface area (Å²) < 4.78 is 6.02. The van der Waals surface area contributed by atoms with E-state index in [1.54, 1.807) is 6.92 Å². The summed E-state index contributed by atoms with van der Waals surface area (Å²) in [6, 6.07) is 9.44. The molecular formula is C11H11N3O2. The van der Waals surface area contributed by atoms with Crippen molar-refractivity contribution in [3.8, 4) is 11.3 Å². The van der Waals surface area contributed by atoms with Gasteiger partial charge in [0, 0.05) is 5.56 Å². The Kier molecular flexibility index (Phi) is 2.95. The topological polar surface area (TPSA) is 57.0 Å². The average molecular weight is 217 g/mol. The van der Waals surface area contributed by atoms with E-state index >= 15 is 0 Å². The van der Waals surface area contributed by atoms with Gasteiger partial charge in [-0.1, -0.05) is 35.5 Å². The molecule has 0 saturated carbocycles. The highest BCUT2D eigenvalue weighted by Crippen LogP contribution is 2.17. The summed E-state index contributed by atoms with van der Waals surface area (Å²) in [6.45, 7) is 2.06. The van der Waals surface area contributed by atoms with Gasteiger partial charge in [0.1, 0.15) is 5.69 Å². The number of ether oxygens (including phenoxy) is 1. The molecular weight excluding hydrogens is 206 g/mol. The van der Waals surface area contributed by atoms with Crippen LogP contribution in [0.3, 0.4) is 0 Å². The lowest BCUT2D eigenvalue weighted by Gasteiger charge is -2.04. The van der Waals surface area contributed by atoms with E-state index in [4.69, 9.17) is 4.74 Å². The maximum atomic E-state index is 11.5. The van der Waals surface area contributed by atoms with Crippen LogP contribution in [0.5, 0.6) is 0 Å². The van der Waals surface area contributed by atoms with Gasteiger partial charge in [-0.3, -0.25) is 0 Å². The molecule has 5 heteroatoms. The van der Waals surface area contributed by atoms with Crippen molar-refractivity contribution < 1.29 is 9.53 Å². The summed E-state index contributed by atoms with van der Waals surface area (Å²) >= 11 is 0. The maximum Gasteiger partial charge on any atom is 0.436 e. The van der Waals surface area contributed by atoms with Gasteiger partial charge in [-0.2, -0.15) is 0 Å². The first-order chi connectivity index (χ1) is 7.83. The number of carbonyl (C=O) groups excluding carboxylic acids is 1. The standard InChI is InChI=1S/C11H11N3O2/c1-2-16-11(15)14-10(8-12-13-14)9-6-4-3-5-7-9/h3-8H,2H2,1H3. The van der Waals surface area contributed by atoms with E-state index in [1.807, 2.05) is 30.3 Å². The Balaban J connectivity index is 2.37. The lowest BCUT2D eigenvalue weighted by molar-refractivity contribution is 0.150. The third-order valence-corrected chi connectivity index (χ3v) is 2.06. The van der Waals surface area contributed by atoms with Crippen LogP contribution in [-0.4, -0.2) is 27.7 Å². The minimum atomic E-state index is -0.515. The number of aromatic nitrogens is 3. The Morgan fingerprint density at radius 3 is 2.81 bits per heavy atom. The number of hydrogen-bond acceptors (Lipinski definition) is 4. The van der Waals surface area contributed by atoms with Crippen molar-refractivity contribution >= 4 is 6.09 Å². The average Bonchev–Trinajstić information content (AvgIpc) is 2.79. The molecule has 0 spiro atoms. The van der Waals surface area contributed by atoms with Crippen molar-refractivity contribution in [1.29, 1.82) is 0 Å². The van der Waals surface area contributed by atoms with Gasteiger partial charge in [0.2, 0.25) is 0 Å². The fraction of sp³-hybridized carbons (Fsp3) is 0.182. The van der Waals surface area contributed by atoms with E-state index in [2.05, 4.69) is 10.3 Å². The third kappa shape index (κ3) is 1.93. The van der Waals surface area contributed by atoms with Gasteiger partial charge in [0.05, 0.1) is 12.8 Å². The second-order valence-electron chi connectivity index (χ2n) is 3.10. The first kappa shape index (κ1) is 10.4. The van der Waals surface area contributed by atoms with Crippen LogP contribution in [0.15, 0.2) is 36.5 Å². The van der Waals surface area contributed by atoms with Crippen molar-refractivity contribution in [3.63, 3.8) is 0 Å². The molecule has 0 N–H and O–H groups in total. The smallest absolute Gasteiger partial charge is 0.436 e. The van der Waals surface area contributed by atoms with Gasteiger partial charge in [-0.05, 0) is 6.92 Å². The van der Waals surface area contributed by atoms with Crippen molar-refractivity contribution in [3.05, 3.63) is 36.5 Å². The summed E-state index contributed by atoms with van der Waals surface area (Å²) in [6.07, 6.45) is 1.02. The summed E-state index contributed by atoms with van der Waals surface area (Å²) in [5, 5.41) is 7.42. The Hall–Kier alpha value is -2.17. The van der Waals surface area contributed by atoms with Crippen LogP contribution in [0.25, 0.3) is 11.3 Å². The molecule has 0 amide bonds. The van der Waals surface area contributed by atoms with E-state index in [0.29, 0.717) is 12.3 Å². The van der Waals surface area contributed by atoms with Gasteiger partial charge in [0.25, 0.3) is 0 Å². The van der Waals surface area contributed by atoms with E-state index in [-0.39, 0.29) is 0 Å². The van der Waals surface area contributed by atoms with Crippen molar-refractivity contribution in [2.75, 3.05) is 6.61 Å². The number of benzene rings is 1. The van der Waals surface area contributed by atoms with Crippen LogP contribution in [-0.2, 0) is 4.74 Å². The molecule has 0 radical (unpaired) electrons. The molecule has 2 aromatic rings. The predicted molar refractivity (Wildman–Crippen MR) is 57.9 cm³/mol. The molecule has 1 aromatic heterocycles. The first-order valence-electron chi connectivity index (χ1n) is 4.96. The Labute approximate surface area is 92.7 Å². The Morgan fingerprint density at radius 1 is 1.38 bits per heavy atom. The van der Waals surface area contributed by atoms with Crippen molar-refractivity contribution in [1.82, 2.24) is 15.0 Å². The number of rotatable bonds is 2. The second kappa shape index (κ2) is 4.57. The Morgan fingerprint density at radius 2 is 2.12 bits per heavy atom. The molecule has 0 aliphatic heterocycles. The predicted octanol–water partition coefficient (Wildman–Crippen LogP) is 1.95. The summed E-state index contributed by atoms with van der Waals surface area (Å²) in [4.78, 5) is 11.5. The first-order valence-corrected chi connectivity index (χ1v) is 4.96. The lowest BCUT2D eigenvalue weighted by atomic mass is 10.2. The van der Waals surface area contributed by atoms with E-state index in [0.717, 1.165) is 10.2 Å². The third-order valence-electron chi connectivity index (χ3n) is 2.06. The molecule has 2 rings (SSSR count). The fourth-order valence-electron chi connectivity index (χ4n) is 1.36. The quantitative estimate of drug-likeness (QED) is 0.771. The van der Waals surface area contributed by atoms with Gasteiger partial charge in [0.15, 0.2) is 0 Å². The SMILES string of the molecule is CCOC(=O)n1nncc1-c1ccccc1. The molecule has 1 aromatic carbocycles. The zero-order valence-electron chi connectivity index (χ0n) is 8.83. The second-order valence-corrected chi connectivity index (χ2v) is 3.10. The van der Waals surface area contributed by atoms with Crippen LogP contribution >= 0.6 is 0 Å². The number of nitrogens with zero attached hydrogens (tertiary/aromatic N) is 3. The minimum Gasteiger partial charge on any atom is -0.448 e. The van der Waals surface area contributed by atoms with Crippen LogP contribution in [0.2, 0.25) is 0 Å². The molecule has 0 saturated heterocycles. The summed E-state index contributed by atoms with van der Waals surface area (Å²) in [7, 11) is 0. The molecule has 16 heavy (non-hydrogen) atoms. The molecule has 0 atom stereocenters. The van der Waals surface area contributed by atoms with Crippen LogP contribution < -0.4 is 0 Å². The molecule has 0 fully saturated rings. The number of hydrogen-bond donors (Lipinski definition) is 0. The van der Waals surface area contributed by atoms with Crippen molar-refractivity contribution in [2.45, 2.75) is 6.92 Å².